The molecule has 0 saturated carbocycles. The molecule has 254 valence electrons. The highest BCUT2D eigenvalue weighted by molar-refractivity contribution is 6.26. The van der Waals surface area contributed by atoms with Crippen LogP contribution in [0.1, 0.15) is 0 Å². The van der Waals surface area contributed by atoms with Gasteiger partial charge in [-0.3, -0.25) is 0 Å². The highest BCUT2D eigenvalue weighted by Crippen LogP contribution is 2.46. The molecule has 0 bridgehead atoms. The van der Waals surface area contributed by atoms with Crippen molar-refractivity contribution in [1.82, 2.24) is 0 Å². The summed E-state index contributed by atoms with van der Waals surface area (Å²) in [6, 6.07) is 68.2. The van der Waals surface area contributed by atoms with Gasteiger partial charge in [-0.05, 0) is 89.6 Å². The van der Waals surface area contributed by atoms with Gasteiger partial charge in [0, 0.05) is 72.9 Å². The summed E-state index contributed by atoms with van der Waals surface area (Å²) in [6.07, 6.45) is 0. The van der Waals surface area contributed by atoms with E-state index >= 15 is 0 Å². The van der Waals surface area contributed by atoms with Crippen LogP contribution in [-0.4, -0.2) is 0 Å². The van der Waals surface area contributed by atoms with E-state index in [9.17, 15) is 0 Å². The average molecular weight is 693 g/mol. The van der Waals surface area contributed by atoms with Crippen molar-refractivity contribution in [2.24, 2.45) is 0 Å². The second-order valence-electron chi connectivity index (χ2n) is 13.7. The number of para-hydroxylation sites is 4. The first-order valence-electron chi connectivity index (χ1n) is 18.3. The van der Waals surface area contributed by atoms with Gasteiger partial charge < -0.3 is 18.6 Å². The molecule has 2 aromatic heterocycles. The van der Waals surface area contributed by atoms with E-state index in [0.29, 0.717) is 0 Å². The van der Waals surface area contributed by atoms with E-state index in [1.807, 2.05) is 0 Å². The Morgan fingerprint density at radius 2 is 0.833 bits per heavy atom. The van der Waals surface area contributed by atoms with Crippen LogP contribution in [-0.2, 0) is 0 Å². The van der Waals surface area contributed by atoms with Gasteiger partial charge in [-0.1, -0.05) is 103 Å². The lowest BCUT2D eigenvalue weighted by atomic mass is 9.99. The first kappa shape index (κ1) is 30.3. The molecular weight excluding hydrogens is 661 g/mol. The maximum Gasteiger partial charge on any atom is 0.143 e. The third kappa shape index (κ3) is 4.78. The average Bonchev–Trinajstić information content (AvgIpc) is 3.79. The molecule has 11 rings (SSSR count). The molecule has 0 aliphatic carbocycles. The number of anilines is 6. The predicted octanol–water partition coefficient (Wildman–Crippen LogP) is 14.7. The van der Waals surface area contributed by atoms with E-state index in [0.717, 1.165) is 99.5 Å². The van der Waals surface area contributed by atoms with Gasteiger partial charge in [0.05, 0.1) is 5.69 Å². The summed E-state index contributed by atoms with van der Waals surface area (Å²) in [5.41, 5.74) is 9.86. The predicted molar refractivity (Wildman–Crippen MR) is 225 cm³/mol. The number of furan rings is 2. The zero-order valence-corrected chi connectivity index (χ0v) is 29.2. The molecule has 2 heterocycles. The van der Waals surface area contributed by atoms with Crippen molar-refractivity contribution in [2.45, 2.75) is 0 Å². The molecule has 0 spiro atoms. The molecule has 4 heteroatoms. The van der Waals surface area contributed by atoms with E-state index in [1.54, 1.807) is 0 Å². The zero-order valence-electron chi connectivity index (χ0n) is 29.2. The van der Waals surface area contributed by atoms with Gasteiger partial charge in [-0.15, -0.1) is 0 Å². The Labute approximate surface area is 311 Å². The Morgan fingerprint density at radius 1 is 0.296 bits per heavy atom. The van der Waals surface area contributed by atoms with E-state index < -0.39 is 0 Å². The smallest absolute Gasteiger partial charge is 0.143 e. The van der Waals surface area contributed by atoms with Crippen LogP contribution in [0.4, 0.5) is 34.1 Å². The molecule has 0 N–H and O–H groups in total. The fraction of sp³-hybridized carbons (Fsp3) is 0. The van der Waals surface area contributed by atoms with Crippen LogP contribution in [0, 0.1) is 0 Å². The summed E-state index contributed by atoms with van der Waals surface area (Å²) in [5.74, 6) is 0. The third-order valence-corrected chi connectivity index (χ3v) is 10.6. The summed E-state index contributed by atoms with van der Waals surface area (Å²) in [6.45, 7) is 0. The van der Waals surface area contributed by atoms with Crippen molar-refractivity contribution >= 4 is 99.5 Å². The number of hydrogen-bond donors (Lipinski definition) is 0. The topological polar surface area (TPSA) is 32.8 Å². The normalized spacial score (nSPS) is 11.7. The maximum absolute atomic E-state index is 6.75. The molecular formula is C50H32N2O2. The van der Waals surface area contributed by atoms with Crippen molar-refractivity contribution in [3.63, 3.8) is 0 Å². The maximum atomic E-state index is 6.75. The van der Waals surface area contributed by atoms with E-state index in [1.165, 1.54) is 0 Å². The molecule has 0 aliphatic heterocycles. The van der Waals surface area contributed by atoms with Gasteiger partial charge in [0.2, 0.25) is 0 Å². The Hall–Kier alpha value is -7.30. The van der Waals surface area contributed by atoms with Crippen LogP contribution >= 0.6 is 0 Å². The van der Waals surface area contributed by atoms with Crippen molar-refractivity contribution in [3.8, 4) is 0 Å². The Balaban J connectivity index is 1.09. The van der Waals surface area contributed by atoms with Gasteiger partial charge in [-0.25, -0.2) is 0 Å². The van der Waals surface area contributed by atoms with Crippen LogP contribution in [0.2, 0.25) is 0 Å². The SMILES string of the molecule is c1ccc(N(c2ccccc2)c2ccc3c(ccc4c5cc6c(cc5oc34)oc3cc(N(c4ccccc4)c4ccccc4)c4ccccc4c36)c2)cc1. The molecule has 0 fully saturated rings. The molecule has 11 aromatic rings. The minimum atomic E-state index is 0.804. The minimum Gasteiger partial charge on any atom is -0.456 e. The highest BCUT2D eigenvalue weighted by Gasteiger charge is 2.22. The lowest BCUT2D eigenvalue weighted by molar-refractivity contribution is 0.658. The first-order chi connectivity index (χ1) is 26.8. The van der Waals surface area contributed by atoms with Crippen molar-refractivity contribution in [3.05, 3.63) is 194 Å². The van der Waals surface area contributed by atoms with E-state index in [-0.39, 0.29) is 0 Å². The number of nitrogens with zero attached hydrogens (tertiary/aromatic N) is 2. The molecule has 0 radical (unpaired) electrons. The van der Waals surface area contributed by atoms with Gasteiger partial charge in [-0.2, -0.15) is 0 Å². The molecule has 9 aromatic carbocycles. The Kier molecular flexibility index (Phi) is 6.82. The van der Waals surface area contributed by atoms with Gasteiger partial charge in [0.25, 0.3) is 0 Å². The molecule has 0 aliphatic rings. The molecule has 54 heavy (non-hydrogen) atoms. The monoisotopic (exact) mass is 692 g/mol. The van der Waals surface area contributed by atoms with Crippen molar-refractivity contribution in [2.75, 3.05) is 9.80 Å². The fourth-order valence-corrected chi connectivity index (χ4v) is 8.17. The van der Waals surface area contributed by atoms with Crippen LogP contribution < -0.4 is 9.80 Å². The first-order valence-corrected chi connectivity index (χ1v) is 18.3. The van der Waals surface area contributed by atoms with Gasteiger partial charge in [0.1, 0.15) is 22.3 Å². The summed E-state index contributed by atoms with van der Waals surface area (Å²) < 4.78 is 13.5. The highest BCUT2D eigenvalue weighted by atomic mass is 16.3. The summed E-state index contributed by atoms with van der Waals surface area (Å²) >= 11 is 0. The summed E-state index contributed by atoms with van der Waals surface area (Å²) in [5, 5.41) is 8.83. The largest absolute Gasteiger partial charge is 0.456 e. The van der Waals surface area contributed by atoms with Crippen LogP contribution in [0.3, 0.4) is 0 Å². The van der Waals surface area contributed by atoms with Crippen LogP contribution in [0.25, 0.3) is 65.4 Å². The number of rotatable bonds is 6. The quantitative estimate of drug-likeness (QED) is 0.174. The lowest BCUT2D eigenvalue weighted by Gasteiger charge is -2.26. The Bertz CT molecular complexity index is 3070. The second kappa shape index (κ2) is 12.1. The number of fused-ring (bicyclic) bond motifs is 10. The number of hydrogen-bond acceptors (Lipinski definition) is 4. The third-order valence-electron chi connectivity index (χ3n) is 10.6. The fourth-order valence-electron chi connectivity index (χ4n) is 8.17. The molecule has 0 atom stereocenters. The van der Waals surface area contributed by atoms with Crippen molar-refractivity contribution < 1.29 is 8.83 Å². The molecule has 4 nitrogen and oxygen atoms in total. The Morgan fingerprint density at radius 3 is 1.46 bits per heavy atom. The zero-order chi connectivity index (χ0) is 35.6. The van der Waals surface area contributed by atoms with Gasteiger partial charge >= 0.3 is 0 Å². The summed E-state index contributed by atoms with van der Waals surface area (Å²) in [7, 11) is 0. The minimum absolute atomic E-state index is 0.804. The van der Waals surface area contributed by atoms with E-state index in [2.05, 4.69) is 204 Å². The van der Waals surface area contributed by atoms with Gasteiger partial charge in [0.15, 0.2) is 0 Å². The molecule has 0 saturated heterocycles. The standard InChI is InChI=1S/C50H32N2O2/c1-5-15-34(16-6-1)51(35-17-7-2-8-18-35)38-26-28-39-33(29-38)25-27-42-43-30-44-47(32-46(43)54-50(39)42)53-48-31-45(40-23-13-14-24-41(40)49(44)48)52(36-19-9-3-10-20-36)37-21-11-4-12-22-37/h1-32H. The second-order valence-corrected chi connectivity index (χ2v) is 13.7. The van der Waals surface area contributed by atoms with E-state index in [4.69, 9.17) is 8.83 Å². The van der Waals surface area contributed by atoms with Crippen LogP contribution in [0.15, 0.2) is 203 Å². The molecule has 0 amide bonds. The van der Waals surface area contributed by atoms with Crippen LogP contribution in [0.5, 0.6) is 0 Å². The van der Waals surface area contributed by atoms with Crippen molar-refractivity contribution in [1.29, 1.82) is 0 Å². The number of benzene rings is 9. The lowest BCUT2D eigenvalue weighted by Crippen LogP contribution is -2.10. The molecule has 0 unspecified atom stereocenters. The summed E-state index contributed by atoms with van der Waals surface area (Å²) in [4.78, 5) is 4.60.